The molecule has 0 spiro atoms. The van der Waals surface area contributed by atoms with E-state index in [0.29, 0.717) is 0 Å². The summed E-state index contributed by atoms with van der Waals surface area (Å²) in [7, 11) is 0. The van der Waals surface area contributed by atoms with Gasteiger partial charge in [0.1, 0.15) is 0 Å². The number of urea groups is 1. The minimum atomic E-state index is -0.0134. The second kappa shape index (κ2) is 7.74. The summed E-state index contributed by atoms with van der Waals surface area (Å²) < 4.78 is 0. The SMILES string of the molecule is O=C(Nc1ccccc1)N1CCN(CCc2ccccn2)CC1. The number of aromatic nitrogens is 1. The lowest BCUT2D eigenvalue weighted by Gasteiger charge is -2.34. The molecule has 0 aliphatic carbocycles. The predicted molar refractivity (Wildman–Crippen MR) is 91.4 cm³/mol. The number of carbonyl (C=O) groups excluding carboxylic acids is 1. The lowest BCUT2D eigenvalue weighted by Crippen LogP contribution is -2.50. The molecule has 23 heavy (non-hydrogen) atoms. The Hall–Kier alpha value is -2.40. The molecule has 1 aromatic carbocycles. The van der Waals surface area contributed by atoms with Crippen LogP contribution in [0.3, 0.4) is 0 Å². The van der Waals surface area contributed by atoms with Crippen LogP contribution in [0.25, 0.3) is 0 Å². The van der Waals surface area contributed by atoms with Crippen LogP contribution in [-0.2, 0) is 6.42 Å². The maximum atomic E-state index is 12.2. The average Bonchev–Trinajstić information content (AvgIpc) is 2.62. The number of nitrogens with zero attached hydrogens (tertiary/aromatic N) is 3. The highest BCUT2D eigenvalue weighted by Gasteiger charge is 2.20. The fraction of sp³-hybridized carbons (Fsp3) is 0.333. The topological polar surface area (TPSA) is 48.5 Å². The van der Waals surface area contributed by atoms with Crippen LogP contribution in [0.4, 0.5) is 10.5 Å². The molecule has 2 aromatic rings. The molecule has 0 saturated carbocycles. The molecule has 5 heteroatoms. The standard InChI is InChI=1S/C18H22N4O/c23-18(20-17-7-2-1-3-8-17)22-14-12-21(13-15-22)11-9-16-6-4-5-10-19-16/h1-8,10H,9,11-15H2,(H,20,23). The Morgan fingerprint density at radius 2 is 1.74 bits per heavy atom. The number of anilines is 1. The van der Waals surface area contributed by atoms with Gasteiger partial charge in [0.25, 0.3) is 0 Å². The van der Waals surface area contributed by atoms with Crippen molar-refractivity contribution in [2.75, 3.05) is 38.0 Å². The van der Waals surface area contributed by atoms with Crippen LogP contribution in [0.5, 0.6) is 0 Å². The van der Waals surface area contributed by atoms with E-state index in [1.54, 1.807) is 0 Å². The van der Waals surface area contributed by atoms with Gasteiger partial charge in [0.2, 0.25) is 0 Å². The van der Waals surface area contributed by atoms with Gasteiger partial charge >= 0.3 is 6.03 Å². The van der Waals surface area contributed by atoms with Gasteiger partial charge in [-0.2, -0.15) is 0 Å². The number of rotatable bonds is 4. The van der Waals surface area contributed by atoms with Gasteiger partial charge in [-0.25, -0.2) is 4.79 Å². The number of amides is 2. The van der Waals surface area contributed by atoms with E-state index in [2.05, 4.69) is 21.3 Å². The Kier molecular flexibility index (Phi) is 5.21. The Morgan fingerprint density at radius 1 is 1.00 bits per heavy atom. The normalized spacial score (nSPS) is 15.4. The predicted octanol–water partition coefficient (Wildman–Crippen LogP) is 2.47. The van der Waals surface area contributed by atoms with Crippen molar-refractivity contribution in [2.24, 2.45) is 0 Å². The largest absolute Gasteiger partial charge is 0.322 e. The minimum Gasteiger partial charge on any atom is -0.322 e. The van der Waals surface area contributed by atoms with Gasteiger partial charge < -0.3 is 10.2 Å². The highest BCUT2D eigenvalue weighted by atomic mass is 16.2. The third kappa shape index (κ3) is 4.53. The van der Waals surface area contributed by atoms with Crippen molar-refractivity contribution < 1.29 is 4.79 Å². The molecule has 0 radical (unpaired) electrons. The van der Waals surface area contributed by atoms with Crippen LogP contribution in [0.2, 0.25) is 0 Å². The second-order valence-corrected chi connectivity index (χ2v) is 5.70. The zero-order valence-electron chi connectivity index (χ0n) is 13.2. The summed E-state index contributed by atoms with van der Waals surface area (Å²) >= 11 is 0. The van der Waals surface area contributed by atoms with Crippen molar-refractivity contribution in [3.63, 3.8) is 0 Å². The van der Waals surface area contributed by atoms with E-state index in [4.69, 9.17) is 0 Å². The number of benzene rings is 1. The van der Waals surface area contributed by atoms with Crippen molar-refractivity contribution in [2.45, 2.75) is 6.42 Å². The molecule has 3 rings (SSSR count). The van der Waals surface area contributed by atoms with E-state index >= 15 is 0 Å². The molecule has 0 atom stereocenters. The van der Waals surface area contributed by atoms with Crippen molar-refractivity contribution in [3.05, 3.63) is 60.4 Å². The van der Waals surface area contributed by atoms with E-state index in [0.717, 1.165) is 50.5 Å². The first-order valence-corrected chi connectivity index (χ1v) is 8.04. The summed E-state index contributed by atoms with van der Waals surface area (Å²) in [5.74, 6) is 0. The van der Waals surface area contributed by atoms with E-state index < -0.39 is 0 Å². The zero-order chi connectivity index (χ0) is 15.9. The van der Waals surface area contributed by atoms with Gasteiger partial charge in [0, 0.05) is 56.7 Å². The quantitative estimate of drug-likeness (QED) is 0.944. The molecule has 1 fully saturated rings. The zero-order valence-corrected chi connectivity index (χ0v) is 13.2. The van der Waals surface area contributed by atoms with Crippen molar-refractivity contribution in [1.29, 1.82) is 0 Å². The molecule has 1 aromatic heterocycles. The molecule has 5 nitrogen and oxygen atoms in total. The molecule has 0 unspecified atom stereocenters. The van der Waals surface area contributed by atoms with E-state index in [9.17, 15) is 4.79 Å². The van der Waals surface area contributed by atoms with Crippen molar-refractivity contribution in [1.82, 2.24) is 14.8 Å². The molecular formula is C18H22N4O. The summed E-state index contributed by atoms with van der Waals surface area (Å²) in [5.41, 5.74) is 1.96. The Balaban J connectivity index is 1.42. The van der Waals surface area contributed by atoms with Gasteiger partial charge in [-0.15, -0.1) is 0 Å². The monoisotopic (exact) mass is 310 g/mol. The third-order valence-electron chi connectivity index (χ3n) is 4.09. The first-order chi connectivity index (χ1) is 11.3. The Labute approximate surface area is 136 Å². The molecule has 120 valence electrons. The van der Waals surface area contributed by atoms with Gasteiger partial charge in [-0.05, 0) is 24.3 Å². The number of piperazine rings is 1. The minimum absolute atomic E-state index is 0.0134. The third-order valence-corrected chi connectivity index (χ3v) is 4.09. The van der Waals surface area contributed by atoms with E-state index in [-0.39, 0.29) is 6.03 Å². The molecule has 2 amide bonds. The maximum absolute atomic E-state index is 12.2. The number of pyridine rings is 1. The average molecular weight is 310 g/mol. The van der Waals surface area contributed by atoms with Crippen LogP contribution < -0.4 is 5.32 Å². The second-order valence-electron chi connectivity index (χ2n) is 5.70. The van der Waals surface area contributed by atoms with Crippen LogP contribution in [0.1, 0.15) is 5.69 Å². The lowest BCUT2D eigenvalue weighted by atomic mass is 10.2. The fourth-order valence-corrected chi connectivity index (χ4v) is 2.72. The smallest absolute Gasteiger partial charge is 0.321 e. The molecule has 1 saturated heterocycles. The highest BCUT2D eigenvalue weighted by Crippen LogP contribution is 2.09. The van der Waals surface area contributed by atoms with Gasteiger partial charge in [0.15, 0.2) is 0 Å². The van der Waals surface area contributed by atoms with Gasteiger partial charge in [0.05, 0.1) is 0 Å². The van der Waals surface area contributed by atoms with Crippen LogP contribution in [0.15, 0.2) is 54.7 Å². The lowest BCUT2D eigenvalue weighted by molar-refractivity contribution is 0.148. The highest BCUT2D eigenvalue weighted by molar-refractivity contribution is 5.89. The molecule has 1 aliphatic rings. The molecule has 2 heterocycles. The summed E-state index contributed by atoms with van der Waals surface area (Å²) in [6, 6.07) is 15.6. The van der Waals surface area contributed by atoms with Gasteiger partial charge in [-0.3, -0.25) is 9.88 Å². The summed E-state index contributed by atoms with van der Waals surface area (Å²) in [5, 5.41) is 2.94. The Morgan fingerprint density at radius 3 is 2.43 bits per heavy atom. The van der Waals surface area contributed by atoms with Crippen molar-refractivity contribution >= 4 is 11.7 Å². The number of carbonyl (C=O) groups is 1. The summed E-state index contributed by atoms with van der Waals surface area (Å²) in [4.78, 5) is 20.9. The fourth-order valence-electron chi connectivity index (χ4n) is 2.72. The van der Waals surface area contributed by atoms with Crippen molar-refractivity contribution in [3.8, 4) is 0 Å². The molecule has 1 aliphatic heterocycles. The number of hydrogen-bond donors (Lipinski definition) is 1. The maximum Gasteiger partial charge on any atom is 0.321 e. The van der Waals surface area contributed by atoms with Crippen LogP contribution in [0, 0.1) is 0 Å². The molecule has 1 N–H and O–H groups in total. The van der Waals surface area contributed by atoms with E-state index in [1.165, 1.54) is 0 Å². The summed E-state index contributed by atoms with van der Waals surface area (Å²) in [6.07, 6.45) is 2.79. The Bertz CT molecular complexity index is 609. The summed E-state index contributed by atoms with van der Waals surface area (Å²) in [6.45, 7) is 4.34. The number of nitrogens with one attached hydrogen (secondary N) is 1. The number of hydrogen-bond acceptors (Lipinski definition) is 3. The van der Waals surface area contributed by atoms with Crippen LogP contribution >= 0.6 is 0 Å². The molecular weight excluding hydrogens is 288 g/mol. The first-order valence-electron chi connectivity index (χ1n) is 8.04. The van der Waals surface area contributed by atoms with Gasteiger partial charge in [-0.1, -0.05) is 24.3 Å². The first kappa shape index (κ1) is 15.5. The number of para-hydroxylation sites is 1. The van der Waals surface area contributed by atoms with Crippen LogP contribution in [-0.4, -0.2) is 53.5 Å². The van der Waals surface area contributed by atoms with E-state index in [1.807, 2.05) is 53.6 Å². The molecule has 0 bridgehead atoms.